The Balaban J connectivity index is 1.88. The number of para-hydroxylation sites is 2. The maximum absolute atomic E-state index is 11.6. The third kappa shape index (κ3) is 3.31. The highest BCUT2D eigenvalue weighted by molar-refractivity contribution is 7.98. The zero-order chi connectivity index (χ0) is 17.1. The van der Waals surface area contributed by atoms with Crippen LogP contribution in [0.25, 0.3) is 11.0 Å². The maximum Gasteiger partial charge on any atom is 0.169 e. The fourth-order valence-electron chi connectivity index (χ4n) is 2.60. The molecule has 0 aliphatic carbocycles. The van der Waals surface area contributed by atoms with E-state index in [1.807, 2.05) is 50.4 Å². The maximum atomic E-state index is 11.6. The summed E-state index contributed by atoms with van der Waals surface area (Å²) in [5.74, 6) is 1.59. The number of nitrogens with zero attached hydrogens (tertiary/aromatic N) is 2. The van der Waals surface area contributed by atoms with Crippen molar-refractivity contribution in [2.75, 3.05) is 6.61 Å². The Kier molecular flexibility index (Phi) is 4.90. The molecule has 5 heteroatoms. The number of aromatic nitrogens is 2. The number of benzene rings is 2. The molecule has 0 N–H and O–H groups in total. The highest BCUT2D eigenvalue weighted by Gasteiger charge is 2.12. The number of ketones is 1. The largest absolute Gasteiger partial charge is 0.494 e. The lowest BCUT2D eigenvalue weighted by atomic mass is 10.1. The Hall–Kier alpha value is -2.27. The summed E-state index contributed by atoms with van der Waals surface area (Å²) in [6.07, 6.45) is 0. The molecule has 3 rings (SSSR count). The van der Waals surface area contributed by atoms with Crippen LogP contribution in [0.4, 0.5) is 0 Å². The first-order chi connectivity index (χ1) is 11.6. The van der Waals surface area contributed by atoms with E-state index < -0.39 is 0 Å². The molecule has 1 heterocycles. The van der Waals surface area contributed by atoms with Crippen LogP contribution in [0.2, 0.25) is 0 Å². The van der Waals surface area contributed by atoms with Crippen LogP contribution in [0.1, 0.15) is 29.8 Å². The van der Waals surface area contributed by atoms with Crippen LogP contribution in [-0.2, 0) is 12.8 Å². The molecule has 124 valence electrons. The minimum absolute atomic E-state index is 0.0621. The van der Waals surface area contributed by atoms with E-state index >= 15 is 0 Å². The van der Waals surface area contributed by atoms with Gasteiger partial charge in [-0.05, 0) is 44.2 Å². The zero-order valence-corrected chi connectivity index (χ0v) is 14.9. The zero-order valence-electron chi connectivity index (χ0n) is 14.1. The number of aryl methyl sites for hydroxylation is 1. The minimum Gasteiger partial charge on any atom is -0.494 e. The van der Waals surface area contributed by atoms with Crippen molar-refractivity contribution in [3.05, 3.63) is 53.6 Å². The van der Waals surface area contributed by atoms with Crippen LogP contribution in [0.5, 0.6) is 5.75 Å². The second-order valence-corrected chi connectivity index (χ2v) is 6.48. The summed E-state index contributed by atoms with van der Waals surface area (Å²) in [7, 11) is 2.02. The number of carbonyl (C=O) groups is 1. The van der Waals surface area contributed by atoms with Gasteiger partial charge in [0.2, 0.25) is 0 Å². The van der Waals surface area contributed by atoms with Gasteiger partial charge in [-0.15, -0.1) is 0 Å². The lowest BCUT2D eigenvalue weighted by Crippen LogP contribution is -2.00. The molecule has 0 atom stereocenters. The molecule has 0 radical (unpaired) electrons. The molecule has 0 aliphatic heterocycles. The van der Waals surface area contributed by atoms with Gasteiger partial charge in [0, 0.05) is 23.9 Å². The molecule has 24 heavy (non-hydrogen) atoms. The van der Waals surface area contributed by atoms with E-state index in [4.69, 9.17) is 4.74 Å². The van der Waals surface area contributed by atoms with Crippen molar-refractivity contribution >= 4 is 28.6 Å². The first kappa shape index (κ1) is 16.6. The summed E-state index contributed by atoms with van der Waals surface area (Å²) >= 11 is 1.65. The van der Waals surface area contributed by atoms with Crippen LogP contribution >= 0.6 is 11.8 Å². The van der Waals surface area contributed by atoms with Gasteiger partial charge in [-0.2, -0.15) is 0 Å². The van der Waals surface area contributed by atoms with E-state index in [1.165, 1.54) is 0 Å². The predicted molar refractivity (Wildman–Crippen MR) is 97.9 cm³/mol. The van der Waals surface area contributed by atoms with Crippen LogP contribution in [0.3, 0.4) is 0 Å². The highest BCUT2D eigenvalue weighted by Crippen LogP contribution is 2.30. The number of Topliss-reactive ketones (excluding diaryl/α,β-unsaturated/α-hetero) is 1. The Morgan fingerprint density at radius 2 is 2.04 bits per heavy atom. The van der Waals surface area contributed by atoms with Gasteiger partial charge in [0.05, 0.1) is 17.6 Å². The monoisotopic (exact) mass is 340 g/mol. The predicted octanol–water partition coefficient (Wildman–Crippen LogP) is 4.47. The molecule has 0 fully saturated rings. The number of imidazole rings is 1. The summed E-state index contributed by atoms with van der Waals surface area (Å²) in [5, 5.41) is 0.951. The standard InChI is InChI=1S/C19H20N2O2S/c1-4-23-18-10-9-14(13(2)22)11-15(18)12-24-19-20-16-7-5-6-8-17(16)21(19)3/h5-11H,4,12H2,1-3H3. The van der Waals surface area contributed by atoms with Crippen LogP contribution in [0.15, 0.2) is 47.6 Å². The number of fused-ring (bicyclic) bond motifs is 1. The molecule has 3 aromatic rings. The molecular formula is C19H20N2O2S. The van der Waals surface area contributed by atoms with Crippen LogP contribution in [0, 0.1) is 0 Å². The summed E-state index contributed by atoms with van der Waals surface area (Å²) in [6.45, 7) is 4.14. The Morgan fingerprint density at radius 3 is 2.75 bits per heavy atom. The number of ether oxygens (including phenoxy) is 1. The second-order valence-electron chi connectivity index (χ2n) is 5.54. The summed E-state index contributed by atoms with van der Waals surface area (Å²) in [4.78, 5) is 16.3. The Labute approximate surface area is 145 Å². The number of thioether (sulfide) groups is 1. The van der Waals surface area contributed by atoms with E-state index in [0.717, 1.165) is 27.5 Å². The Morgan fingerprint density at radius 1 is 1.25 bits per heavy atom. The van der Waals surface area contributed by atoms with Crippen molar-refractivity contribution in [1.82, 2.24) is 9.55 Å². The molecule has 0 unspecified atom stereocenters. The molecule has 2 aromatic carbocycles. The van der Waals surface area contributed by atoms with E-state index in [0.29, 0.717) is 17.9 Å². The summed E-state index contributed by atoms with van der Waals surface area (Å²) in [5.41, 5.74) is 3.83. The highest BCUT2D eigenvalue weighted by atomic mass is 32.2. The smallest absolute Gasteiger partial charge is 0.169 e. The molecule has 0 saturated carbocycles. The molecule has 0 bridgehead atoms. The van der Waals surface area contributed by atoms with Crippen molar-refractivity contribution in [2.45, 2.75) is 24.8 Å². The van der Waals surface area contributed by atoms with E-state index in [2.05, 4.69) is 15.6 Å². The van der Waals surface area contributed by atoms with E-state index in [1.54, 1.807) is 18.7 Å². The van der Waals surface area contributed by atoms with Gasteiger partial charge < -0.3 is 9.30 Å². The van der Waals surface area contributed by atoms with Crippen molar-refractivity contribution in [1.29, 1.82) is 0 Å². The van der Waals surface area contributed by atoms with Crippen LogP contribution in [-0.4, -0.2) is 21.9 Å². The first-order valence-electron chi connectivity index (χ1n) is 7.91. The number of carbonyl (C=O) groups excluding carboxylic acids is 1. The number of hydrogen-bond donors (Lipinski definition) is 0. The lowest BCUT2D eigenvalue weighted by Gasteiger charge is -2.11. The molecule has 4 nitrogen and oxygen atoms in total. The SMILES string of the molecule is CCOc1ccc(C(C)=O)cc1CSc1nc2ccccc2n1C. The second kappa shape index (κ2) is 7.09. The lowest BCUT2D eigenvalue weighted by molar-refractivity contribution is 0.101. The van der Waals surface area contributed by atoms with Gasteiger partial charge in [0.15, 0.2) is 10.9 Å². The van der Waals surface area contributed by atoms with Gasteiger partial charge >= 0.3 is 0 Å². The van der Waals surface area contributed by atoms with Gasteiger partial charge in [0.25, 0.3) is 0 Å². The molecule has 0 spiro atoms. The first-order valence-corrected chi connectivity index (χ1v) is 8.89. The van der Waals surface area contributed by atoms with Gasteiger partial charge in [-0.3, -0.25) is 4.79 Å². The van der Waals surface area contributed by atoms with Gasteiger partial charge in [0.1, 0.15) is 5.75 Å². The van der Waals surface area contributed by atoms with Crippen molar-refractivity contribution in [3.8, 4) is 5.75 Å². The third-order valence-corrected chi connectivity index (χ3v) is 4.95. The average molecular weight is 340 g/mol. The fraction of sp³-hybridized carbons (Fsp3) is 0.263. The van der Waals surface area contributed by atoms with Crippen molar-refractivity contribution < 1.29 is 9.53 Å². The number of rotatable bonds is 6. The third-order valence-electron chi connectivity index (χ3n) is 3.87. The number of hydrogen-bond acceptors (Lipinski definition) is 4. The topological polar surface area (TPSA) is 44.1 Å². The van der Waals surface area contributed by atoms with Crippen molar-refractivity contribution in [3.63, 3.8) is 0 Å². The average Bonchev–Trinajstić information content (AvgIpc) is 2.90. The van der Waals surface area contributed by atoms with E-state index in [9.17, 15) is 4.79 Å². The van der Waals surface area contributed by atoms with Crippen LogP contribution < -0.4 is 4.74 Å². The van der Waals surface area contributed by atoms with Gasteiger partial charge in [-0.25, -0.2) is 4.98 Å². The summed E-state index contributed by atoms with van der Waals surface area (Å²) in [6, 6.07) is 13.7. The Bertz CT molecular complexity index is 886. The van der Waals surface area contributed by atoms with Gasteiger partial charge in [-0.1, -0.05) is 23.9 Å². The molecule has 0 aliphatic rings. The minimum atomic E-state index is 0.0621. The molecular weight excluding hydrogens is 320 g/mol. The normalized spacial score (nSPS) is 11.0. The van der Waals surface area contributed by atoms with E-state index in [-0.39, 0.29) is 5.78 Å². The van der Waals surface area contributed by atoms with Crippen molar-refractivity contribution in [2.24, 2.45) is 7.05 Å². The molecule has 0 amide bonds. The molecule has 1 aromatic heterocycles. The quantitative estimate of drug-likeness (QED) is 0.491. The summed E-state index contributed by atoms with van der Waals surface area (Å²) < 4.78 is 7.79. The fourth-order valence-corrected chi connectivity index (χ4v) is 3.57. The molecule has 0 saturated heterocycles.